The lowest BCUT2D eigenvalue weighted by molar-refractivity contribution is -0.0560. The molecule has 0 bridgehead atoms. The zero-order valence-corrected chi connectivity index (χ0v) is 19.3. The average Bonchev–Trinajstić information content (AvgIpc) is 3.33. The molecule has 0 amide bonds. The minimum absolute atomic E-state index is 0. The molecular formula is C19H33IN6O2. The summed E-state index contributed by atoms with van der Waals surface area (Å²) in [6, 6.07) is 0. The maximum Gasteiger partial charge on any atom is 0.194 e. The van der Waals surface area contributed by atoms with E-state index in [9.17, 15) is 0 Å². The third-order valence-electron chi connectivity index (χ3n) is 6.08. The van der Waals surface area contributed by atoms with E-state index in [1.807, 2.05) is 18.5 Å². The Balaban J connectivity index is 0.00000225. The molecule has 0 aliphatic carbocycles. The van der Waals surface area contributed by atoms with Gasteiger partial charge in [-0.2, -0.15) is 0 Å². The van der Waals surface area contributed by atoms with E-state index in [4.69, 9.17) is 14.5 Å². The fourth-order valence-electron chi connectivity index (χ4n) is 4.29. The van der Waals surface area contributed by atoms with Crippen molar-refractivity contribution < 1.29 is 9.47 Å². The van der Waals surface area contributed by atoms with Gasteiger partial charge in [0.05, 0.1) is 12.2 Å². The van der Waals surface area contributed by atoms with E-state index in [1.54, 1.807) is 0 Å². The number of aromatic nitrogens is 3. The fourth-order valence-corrected chi connectivity index (χ4v) is 4.29. The second kappa shape index (κ2) is 10.2. The summed E-state index contributed by atoms with van der Waals surface area (Å²) in [7, 11) is 1.99. The lowest BCUT2D eigenvalue weighted by atomic mass is 9.88. The molecule has 3 fully saturated rings. The molecule has 1 N–H and O–H groups in total. The van der Waals surface area contributed by atoms with Crippen LogP contribution in [0.25, 0.3) is 0 Å². The number of aryl methyl sites for hydroxylation is 1. The van der Waals surface area contributed by atoms with Crippen molar-refractivity contribution in [2.24, 2.45) is 18.0 Å². The van der Waals surface area contributed by atoms with Gasteiger partial charge in [-0.3, -0.25) is 0 Å². The van der Waals surface area contributed by atoms with Gasteiger partial charge >= 0.3 is 0 Å². The van der Waals surface area contributed by atoms with Crippen molar-refractivity contribution >= 4 is 29.9 Å². The Labute approximate surface area is 184 Å². The zero-order valence-electron chi connectivity index (χ0n) is 17.0. The lowest BCUT2D eigenvalue weighted by Crippen LogP contribution is -2.53. The summed E-state index contributed by atoms with van der Waals surface area (Å²) >= 11 is 0. The number of nitrogens with zero attached hydrogens (tertiary/aromatic N) is 5. The number of hydrogen-bond donors (Lipinski definition) is 1. The van der Waals surface area contributed by atoms with Crippen LogP contribution in [0.4, 0.5) is 0 Å². The van der Waals surface area contributed by atoms with Gasteiger partial charge in [-0.05, 0) is 39.0 Å². The Morgan fingerprint density at radius 3 is 2.75 bits per heavy atom. The first-order chi connectivity index (χ1) is 13.2. The lowest BCUT2D eigenvalue weighted by Gasteiger charge is -2.42. The number of hydrogen-bond acceptors (Lipinski definition) is 5. The smallest absolute Gasteiger partial charge is 0.194 e. The van der Waals surface area contributed by atoms with Crippen LogP contribution in [0, 0.1) is 12.8 Å². The van der Waals surface area contributed by atoms with E-state index < -0.39 is 0 Å². The number of nitrogens with one attached hydrogen (secondary N) is 1. The second-order valence-corrected chi connectivity index (χ2v) is 7.92. The summed E-state index contributed by atoms with van der Waals surface area (Å²) in [5.41, 5.74) is 0. The molecule has 8 nitrogen and oxygen atoms in total. The highest BCUT2D eigenvalue weighted by molar-refractivity contribution is 14.0. The first-order valence-corrected chi connectivity index (χ1v) is 10.3. The first-order valence-electron chi connectivity index (χ1n) is 10.3. The number of fused-ring (bicyclic) bond motifs is 1. The second-order valence-electron chi connectivity index (χ2n) is 7.92. The third-order valence-corrected chi connectivity index (χ3v) is 6.08. The van der Waals surface area contributed by atoms with Crippen molar-refractivity contribution in [3.63, 3.8) is 0 Å². The molecule has 0 saturated carbocycles. The van der Waals surface area contributed by atoms with Crippen LogP contribution in [0.3, 0.4) is 0 Å². The van der Waals surface area contributed by atoms with Gasteiger partial charge in [-0.15, -0.1) is 34.2 Å². The Morgan fingerprint density at radius 1 is 1.18 bits per heavy atom. The summed E-state index contributed by atoms with van der Waals surface area (Å²) in [6.45, 7) is 7.11. The molecule has 0 aromatic carbocycles. The van der Waals surface area contributed by atoms with Gasteiger partial charge in [0.25, 0.3) is 0 Å². The van der Waals surface area contributed by atoms with Crippen LogP contribution >= 0.6 is 24.0 Å². The van der Waals surface area contributed by atoms with Gasteiger partial charge in [0.2, 0.25) is 0 Å². The number of rotatable bonds is 4. The molecule has 158 valence electrons. The van der Waals surface area contributed by atoms with Gasteiger partial charge in [0.15, 0.2) is 11.8 Å². The molecule has 9 heteroatoms. The summed E-state index contributed by atoms with van der Waals surface area (Å²) < 4.78 is 13.8. The molecule has 4 heterocycles. The summed E-state index contributed by atoms with van der Waals surface area (Å²) in [5.74, 6) is 3.38. The zero-order chi connectivity index (χ0) is 18.6. The van der Waals surface area contributed by atoms with Gasteiger partial charge < -0.3 is 24.3 Å². The Bertz CT molecular complexity index is 661. The van der Waals surface area contributed by atoms with E-state index >= 15 is 0 Å². The largest absolute Gasteiger partial charge is 0.378 e. The number of ether oxygens (including phenoxy) is 2. The number of guanidine groups is 1. The monoisotopic (exact) mass is 504 g/mol. The van der Waals surface area contributed by atoms with Crippen molar-refractivity contribution in [2.45, 2.75) is 57.8 Å². The average molecular weight is 504 g/mol. The van der Waals surface area contributed by atoms with E-state index in [-0.39, 0.29) is 24.0 Å². The van der Waals surface area contributed by atoms with E-state index in [2.05, 4.69) is 20.4 Å². The highest BCUT2D eigenvalue weighted by Gasteiger charge is 2.33. The van der Waals surface area contributed by atoms with Crippen molar-refractivity contribution in [1.29, 1.82) is 0 Å². The molecule has 3 saturated heterocycles. The van der Waals surface area contributed by atoms with Crippen LogP contribution < -0.4 is 5.32 Å². The SMILES string of the molecule is Cc1nnc(CN=C(NCC2CCCO2)N2CCC3OCCCC3C2)n1C.I. The summed E-state index contributed by atoms with van der Waals surface area (Å²) in [5, 5.41) is 12.0. The molecule has 4 rings (SSSR count). The van der Waals surface area contributed by atoms with Gasteiger partial charge in [-0.1, -0.05) is 0 Å². The minimum Gasteiger partial charge on any atom is -0.378 e. The fraction of sp³-hybridized carbons (Fsp3) is 0.842. The van der Waals surface area contributed by atoms with Crippen LogP contribution in [0.5, 0.6) is 0 Å². The third kappa shape index (κ3) is 5.15. The van der Waals surface area contributed by atoms with Crippen LogP contribution in [-0.4, -0.2) is 70.7 Å². The summed E-state index contributed by atoms with van der Waals surface area (Å²) in [6.07, 6.45) is 6.50. The highest BCUT2D eigenvalue weighted by Crippen LogP contribution is 2.28. The molecule has 0 spiro atoms. The highest BCUT2D eigenvalue weighted by atomic mass is 127. The predicted octanol–water partition coefficient (Wildman–Crippen LogP) is 1.87. The van der Waals surface area contributed by atoms with E-state index in [1.165, 1.54) is 12.8 Å². The molecule has 3 atom stereocenters. The Kier molecular flexibility index (Phi) is 7.93. The van der Waals surface area contributed by atoms with Crippen molar-refractivity contribution in [3.8, 4) is 0 Å². The van der Waals surface area contributed by atoms with Gasteiger partial charge in [0, 0.05) is 45.8 Å². The van der Waals surface area contributed by atoms with Crippen LogP contribution in [-0.2, 0) is 23.1 Å². The van der Waals surface area contributed by atoms with E-state index in [0.29, 0.717) is 24.7 Å². The molecule has 0 radical (unpaired) electrons. The first kappa shape index (κ1) is 21.8. The standard InChI is InChI=1S/C19H32N6O2.HI/c1-14-22-23-18(24(14)2)12-21-19(20-11-16-6-4-9-26-16)25-8-7-17-15(13-25)5-3-10-27-17;/h15-17H,3-13H2,1-2H3,(H,20,21);1H. The van der Waals surface area contributed by atoms with E-state index in [0.717, 1.165) is 69.7 Å². The number of halogens is 1. The van der Waals surface area contributed by atoms with Crippen LogP contribution in [0.1, 0.15) is 43.8 Å². The molecule has 3 unspecified atom stereocenters. The van der Waals surface area contributed by atoms with Crippen molar-refractivity contribution in [3.05, 3.63) is 11.6 Å². The van der Waals surface area contributed by atoms with Gasteiger partial charge in [-0.25, -0.2) is 4.99 Å². The molecule has 3 aliphatic heterocycles. The van der Waals surface area contributed by atoms with Crippen LogP contribution in [0.15, 0.2) is 4.99 Å². The topological polar surface area (TPSA) is 76.8 Å². The minimum atomic E-state index is 0. The molecule has 1 aromatic rings. The van der Waals surface area contributed by atoms with Crippen molar-refractivity contribution in [1.82, 2.24) is 25.0 Å². The van der Waals surface area contributed by atoms with Gasteiger partial charge in [0.1, 0.15) is 12.4 Å². The van der Waals surface area contributed by atoms with Crippen LogP contribution in [0.2, 0.25) is 0 Å². The maximum absolute atomic E-state index is 5.97. The number of piperidine rings is 1. The normalized spacial score (nSPS) is 28.0. The Hall–Kier alpha value is -0.940. The Morgan fingerprint density at radius 2 is 2.00 bits per heavy atom. The molecule has 1 aromatic heterocycles. The number of aliphatic imine (C=N–C) groups is 1. The summed E-state index contributed by atoms with van der Waals surface area (Å²) in [4.78, 5) is 7.30. The molecule has 28 heavy (non-hydrogen) atoms. The quantitative estimate of drug-likeness (QED) is 0.384. The maximum atomic E-state index is 5.97. The molecule has 3 aliphatic rings. The van der Waals surface area contributed by atoms with Crippen molar-refractivity contribution in [2.75, 3.05) is 32.8 Å². The predicted molar refractivity (Wildman–Crippen MR) is 118 cm³/mol. The number of likely N-dealkylation sites (tertiary alicyclic amines) is 1. The molecular weight excluding hydrogens is 471 g/mol.